The second-order valence-corrected chi connectivity index (χ2v) is 8.80. The molecule has 0 nitrogen and oxygen atoms in total. The smallest absolute Gasteiger partial charge is 1.00 e. The Bertz CT molecular complexity index is 865. The van der Waals surface area contributed by atoms with Crippen LogP contribution >= 0.6 is 0 Å². The Balaban J connectivity index is 0.000000882. The molecule has 2 aromatic rings. The number of rotatable bonds is 2. The van der Waals surface area contributed by atoms with Crippen molar-refractivity contribution in [1.82, 2.24) is 0 Å². The topological polar surface area (TPSA) is 0 Å². The van der Waals surface area contributed by atoms with Crippen LogP contribution in [0.5, 0.6) is 0 Å². The molecular formula is C19H14Cl2Zr. The molecule has 0 heterocycles. The Morgan fingerprint density at radius 2 is 1.59 bits per heavy atom. The summed E-state index contributed by atoms with van der Waals surface area (Å²) < 4.78 is 2.25. The zero-order chi connectivity index (χ0) is 13.5. The average Bonchev–Trinajstić information content (AvgIpc) is 3.06. The van der Waals surface area contributed by atoms with Crippen LogP contribution in [0.1, 0.15) is 20.3 Å². The number of halogens is 2. The van der Waals surface area contributed by atoms with E-state index in [2.05, 4.69) is 73.3 Å². The van der Waals surface area contributed by atoms with Crippen LogP contribution in [0.25, 0.3) is 22.0 Å². The molecule has 1 unspecified atom stereocenters. The summed E-state index contributed by atoms with van der Waals surface area (Å²) in [5, 5.41) is 2.59. The molecule has 1 atom stereocenters. The van der Waals surface area contributed by atoms with Crippen LogP contribution in [0.2, 0.25) is 0 Å². The number of benzene rings is 2. The van der Waals surface area contributed by atoms with E-state index in [1.807, 2.05) is 0 Å². The summed E-state index contributed by atoms with van der Waals surface area (Å²) in [4.78, 5) is 0. The Kier molecular flexibility index (Phi) is 5.67. The molecule has 0 radical (unpaired) electrons. The third-order valence-electron chi connectivity index (χ3n) is 3.99. The molecule has 0 aromatic heterocycles. The van der Waals surface area contributed by atoms with Gasteiger partial charge < -0.3 is 24.8 Å². The molecule has 0 bridgehead atoms. The second kappa shape index (κ2) is 7.13. The Labute approximate surface area is 154 Å². The van der Waals surface area contributed by atoms with Crippen molar-refractivity contribution in [3.05, 3.63) is 81.7 Å². The van der Waals surface area contributed by atoms with E-state index in [0.717, 1.165) is 0 Å². The fraction of sp³-hybridized carbons (Fsp3) is 0.0526. The molecule has 2 aliphatic carbocycles. The predicted octanol–water partition coefficient (Wildman–Crippen LogP) is -2.91. The van der Waals surface area contributed by atoms with E-state index in [-0.39, 0.29) is 24.8 Å². The SMILES string of the molecule is C=c1cccc2c1=[C]([Zr+2][CH]1C=Cc3ccccc31)C=C2.[Cl-].[Cl-]. The Morgan fingerprint density at radius 1 is 0.818 bits per heavy atom. The van der Waals surface area contributed by atoms with Crippen molar-refractivity contribution in [1.29, 1.82) is 0 Å². The first-order chi connectivity index (χ1) is 9.83. The van der Waals surface area contributed by atoms with E-state index in [1.165, 1.54) is 27.1 Å². The number of hydrogen-bond donors (Lipinski definition) is 0. The van der Waals surface area contributed by atoms with Gasteiger partial charge in [0.2, 0.25) is 0 Å². The fourth-order valence-corrected chi connectivity index (χ4v) is 6.88. The summed E-state index contributed by atoms with van der Waals surface area (Å²) in [6, 6.07) is 15.2. The molecule has 0 N–H and O–H groups in total. The van der Waals surface area contributed by atoms with Gasteiger partial charge in [0.05, 0.1) is 0 Å². The van der Waals surface area contributed by atoms with Gasteiger partial charge in [-0.05, 0) is 0 Å². The Hall–Kier alpha value is -0.877. The van der Waals surface area contributed by atoms with Crippen molar-refractivity contribution in [3.8, 4) is 0 Å². The van der Waals surface area contributed by atoms with E-state index in [1.54, 1.807) is 3.28 Å². The Morgan fingerprint density at radius 3 is 2.45 bits per heavy atom. The van der Waals surface area contributed by atoms with Crippen molar-refractivity contribution in [2.24, 2.45) is 0 Å². The molecule has 0 aliphatic heterocycles. The molecule has 108 valence electrons. The van der Waals surface area contributed by atoms with Crippen molar-refractivity contribution in [3.63, 3.8) is 0 Å². The molecule has 4 rings (SSSR count). The van der Waals surface area contributed by atoms with E-state index >= 15 is 0 Å². The summed E-state index contributed by atoms with van der Waals surface area (Å²) in [5.41, 5.74) is 4.28. The zero-order valence-corrected chi connectivity index (χ0v) is 15.9. The molecule has 0 fully saturated rings. The van der Waals surface area contributed by atoms with E-state index in [4.69, 9.17) is 0 Å². The summed E-state index contributed by atoms with van der Waals surface area (Å²) >= 11 is -0.692. The molecule has 2 aromatic carbocycles. The fourth-order valence-electron chi connectivity index (χ4n) is 3.01. The quantitative estimate of drug-likeness (QED) is 0.504. The summed E-state index contributed by atoms with van der Waals surface area (Å²) in [6.07, 6.45) is 9.28. The minimum Gasteiger partial charge on any atom is -1.00 e. The summed E-state index contributed by atoms with van der Waals surface area (Å²) in [5.74, 6) is 0. The molecule has 0 amide bonds. The first-order valence-corrected chi connectivity index (χ1v) is 9.52. The maximum atomic E-state index is 4.21. The van der Waals surface area contributed by atoms with Gasteiger partial charge in [0.1, 0.15) is 0 Å². The van der Waals surface area contributed by atoms with Crippen LogP contribution in [0.3, 0.4) is 0 Å². The van der Waals surface area contributed by atoms with Gasteiger partial charge >= 0.3 is 131 Å². The zero-order valence-electron chi connectivity index (χ0n) is 11.9. The van der Waals surface area contributed by atoms with Crippen LogP contribution < -0.4 is 35.3 Å². The second-order valence-electron chi connectivity index (χ2n) is 5.24. The van der Waals surface area contributed by atoms with Gasteiger partial charge in [-0.3, -0.25) is 0 Å². The monoisotopic (exact) mass is 402 g/mol. The maximum absolute atomic E-state index is 4.21. The van der Waals surface area contributed by atoms with Gasteiger partial charge in [0.25, 0.3) is 0 Å². The van der Waals surface area contributed by atoms with E-state index in [9.17, 15) is 0 Å². The minimum atomic E-state index is -0.692. The first kappa shape index (κ1) is 17.5. The van der Waals surface area contributed by atoms with Gasteiger partial charge in [0.15, 0.2) is 0 Å². The van der Waals surface area contributed by atoms with Crippen molar-refractivity contribution in [2.45, 2.75) is 3.63 Å². The molecule has 22 heavy (non-hydrogen) atoms. The van der Waals surface area contributed by atoms with Crippen LogP contribution in [-0.4, -0.2) is 0 Å². The van der Waals surface area contributed by atoms with Crippen LogP contribution in [0.4, 0.5) is 0 Å². The average molecular weight is 404 g/mol. The van der Waals surface area contributed by atoms with Gasteiger partial charge in [-0.15, -0.1) is 0 Å². The molecule has 0 spiro atoms. The van der Waals surface area contributed by atoms with Crippen LogP contribution in [0, 0.1) is 0 Å². The third kappa shape index (κ3) is 2.95. The number of hydrogen-bond acceptors (Lipinski definition) is 0. The van der Waals surface area contributed by atoms with E-state index in [0.29, 0.717) is 3.63 Å². The minimum absolute atomic E-state index is 0. The standard InChI is InChI=1S/C10H7.C9H7.2ClH.Zr/c1-8-4-2-5-9-6-3-7-10(8)9;1-2-5-9-7-3-6-8(9)4-1;;;/h2-6H,1H2;1-7H;2*1H;/q;;;;+2/p-2. The number of fused-ring (bicyclic) bond motifs is 2. The number of allylic oxidation sites excluding steroid dienone is 2. The molecular weight excluding hydrogens is 390 g/mol. The molecule has 3 heteroatoms. The molecule has 2 aliphatic rings. The first-order valence-electron chi connectivity index (χ1n) is 6.87. The van der Waals surface area contributed by atoms with Crippen LogP contribution in [0.15, 0.2) is 54.6 Å². The largest absolute Gasteiger partial charge is 1.00 e. The maximum Gasteiger partial charge on any atom is -1.00 e. The van der Waals surface area contributed by atoms with Crippen molar-refractivity contribution in [2.75, 3.05) is 0 Å². The van der Waals surface area contributed by atoms with Crippen LogP contribution in [-0.2, 0) is 23.2 Å². The van der Waals surface area contributed by atoms with Crippen molar-refractivity contribution < 1.29 is 48.0 Å². The third-order valence-corrected chi connectivity index (χ3v) is 7.78. The summed E-state index contributed by atoms with van der Waals surface area (Å²) in [6.45, 7) is 4.21. The summed E-state index contributed by atoms with van der Waals surface area (Å²) in [7, 11) is 0. The predicted molar refractivity (Wildman–Crippen MR) is 81.9 cm³/mol. The normalized spacial score (nSPS) is 16.4. The van der Waals surface area contributed by atoms with Gasteiger partial charge in [-0.2, -0.15) is 0 Å². The van der Waals surface area contributed by atoms with E-state index < -0.39 is 23.2 Å². The van der Waals surface area contributed by atoms with Gasteiger partial charge in [-0.1, -0.05) is 0 Å². The molecule has 0 saturated heterocycles. The van der Waals surface area contributed by atoms with Crippen molar-refractivity contribution >= 4 is 22.0 Å². The van der Waals surface area contributed by atoms with Gasteiger partial charge in [-0.25, -0.2) is 0 Å². The van der Waals surface area contributed by atoms with Gasteiger partial charge in [0, 0.05) is 0 Å². The molecule has 0 saturated carbocycles.